The number of anilines is 1. The zero-order valence-corrected chi connectivity index (χ0v) is 12.1. The standard InChI is InChI=1S/C14H22N2OS/c1-4-5-9-15-14(18)16-12-7-6-8-13(10-12)17-11(2)3/h6-8,10-11H,4-5,9H2,1-3H3,(H2,15,16,18). The molecule has 2 N–H and O–H groups in total. The third-order valence-corrected chi connectivity index (χ3v) is 2.53. The Hall–Kier alpha value is -1.29. The van der Waals surface area contributed by atoms with E-state index in [-0.39, 0.29) is 6.10 Å². The molecule has 0 unspecified atom stereocenters. The van der Waals surface area contributed by atoms with Gasteiger partial charge in [0.1, 0.15) is 5.75 Å². The first-order valence-corrected chi connectivity index (χ1v) is 6.84. The first-order chi connectivity index (χ1) is 8.61. The topological polar surface area (TPSA) is 33.3 Å². The molecule has 0 radical (unpaired) electrons. The summed E-state index contributed by atoms with van der Waals surface area (Å²) in [6.45, 7) is 7.09. The molecule has 0 bridgehead atoms. The lowest BCUT2D eigenvalue weighted by molar-refractivity contribution is 0.242. The molecule has 100 valence electrons. The van der Waals surface area contributed by atoms with Gasteiger partial charge in [0.25, 0.3) is 0 Å². The van der Waals surface area contributed by atoms with Gasteiger partial charge in [0, 0.05) is 18.3 Å². The number of unbranched alkanes of at least 4 members (excludes halogenated alkanes) is 1. The van der Waals surface area contributed by atoms with Crippen molar-refractivity contribution in [3.05, 3.63) is 24.3 Å². The molecule has 0 aliphatic carbocycles. The first-order valence-electron chi connectivity index (χ1n) is 6.43. The monoisotopic (exact) mass is 266 g/mol. The number of hydrogen-bond donors (Lipinski definition) is 2. The van der Waals surface area contributed by atoms with E-state index in [1.54, 1.807) is 0 Å². The highest BCUT2D eigenvalue weighted by atomic mass is 32.1. The normalized spacial score (nSPS) is 10.2. The summed E-state index contributed by atoms with van der Waals surface area (Å²) < 4.78 is 5.63. The van der Waals surface area contributed by atoms with Crippen molar-refractivity contribution in [1.29, 1.82) is 0 Å². The van der Waals surface area contributed by atoms with Crippen molar-refractivity contribution in [2.45, 2.75) is 39.7 Å². The fourth-order valence-electron chi connectivity index (χ4n) is 1.47. The second-order valence-corrected chi connectivity index (χ2v) is 4.84. The van der Waals surface area contributed by atoms with Gasteiger partial charge in [-0.15, -0.1) is 0 Å². The highest BCUT2D eigenvalue weighted by Gasteiger charge is 2.01. The zero-order chi connectivity index (χ0) is 13.4. The Labute approximate surface area is 115 Å². The van der Waals surface area contributed by atoms with Crippen LogP contribution in [0, 0.1) is 0 Å². The summed E-state index contributed by atoms with van der Waals surface area (Å²) in [6.07, 6.45) is 2.46. The van der Waals surface area contributed by atoms with Crippen molar-refractivity contribution in [1.82, 2.24) is 5.32 Å². The van der Waals surface area contributed by atoms with E-state index >= 15 is 0 Å². The van der Waals surface area contributed by atoms with Crippen LogP contribution in [0.2, 0.25) is 0 Å². The molecule has 0 atom stereocenters. The molecule has 0 saturated heterocycles. The summed E-state index contributed by atoms with van der Waals surface area (Å²) in [6, 6.07) is 7.82. The maximum Gasteiger partial charge on any atom is 0.170 e. The Balaban J connectivity index is 2.48. The van der Waals surface area contributed by atoms with Crippen LogP contribution in [0.25, 0.3) is 0 Å². The van der Waals surface area contributed by atoms with Crippen LogP contribution in [-0.2, 0) is 0 Å². The van der Waals surface area contributed by atoms with Gasteiger partial charge in [-0.25, -0.2) is 0 Å². The zero-order valence-electron chi connectivity index (χ0n) is 11.3. The minimum absolute atomic E-state index is 0.176. The molecule has 0 amide bonds. The molecule has 1 rings (SSSR count). The van der Waals surface area contributed by atoms with Crippen molar-refractivity contribution < 1.29 is 4.74 Å². The Morgan fingerprint density at radius 1 is 1.39 bits per heavy atom. The predicted molar refractivity (Wildman–Crippen MR) is 81.3 cm³/mol. The smallest absolute Gasteiger partial charge is 0.170 e. The Morgan fingerprint density at radius 2 is 2.17 bits per heavy atom. The molecular weight excluding hydrogens is 244 g/mol. The molecule has 0 heterocycles. The SMILES string of the molecule is CCCCNC(=S)Nc1cccc(OC(C)C)c1. The van der Waals surface area contributed by atoms with Crippen LogP contribution in [0.3, 0.4) is 0 Å². The van der Waals surface area contributed by atoms with E-state index < -0.39 is 0 Å². The number of thiocarbonyl (C=S) groups is 1. The molecular formula is C14H22N2OS. The highest BCUT2D eigenvalue weighted by molar-refractivity contribution is 7.80. The molecule has 0 aromatic heterocycles. The Morgan fingerprint density at radius 3 is 2.83 bits per heavy atom. The number of ether oxygens (including phenoxy) is 1. The van der Waals surface area contributed by atoms with Crippen molar-refractivity contribution in [2.75, 3.05) is 11.9 Å². The lowest BCUT2D eigenvalue weighted by atomic mass is 10.3. The van der Waals surface area contributed by atoms with E-state index in [4.69, 9.17) is 17.0 Å². The van der Waals surface area contributed by atoms with Crippen LogP contribution in [-0.4, -0.2) is 17.8 Å². The Bertz CT molecular complexity index is 380. The molecule has 0 saturated carbocycles. The first kappa shape index (κ1) is 14.8. The van der Waals surface area contributed by atoms with Crippen LogP contribution in [0.1, 0.15) is 33.6 Å². The predicted octanol–water partition coefficient (Wildman–Crippen LogP) is 3.56. The molecule has 1 aromatic rings. The minimum Gasteiger partial charge on any atom is -0.491 e. The number of benzene rings is 1. The summed E-state index contributed by atoms with van der Waals surface area (Å²) in [5.41, 5.74) is 0.946. The van der Waals surface area contributed by atoms with E-state index in [9.17, 15) is 0 Å². The van der Waals surface area contributed by atoms with Crippen molar-refractivity contribution >= 4 is 23.0 Å². The lowest BCUT2D eigenvalue weighted by Crippen LogP contribution is -2.29. The van der Waals surface area contributed by atoms with Crippen LogP contribution in [0.5, 0.6) is 5.75 Å². The molecule has 0 fully saturated rings. The molecule has 4 heteroatoms. The van der Waals surface area contributed by atoms with Crippen molar-refractivity contribution in [2.24, 2.45) is 0 Å². The minimum atomic E-state index is 0.176. The van der Waals surface area contributed by atoms with Gasteiger partial charge >= 0.3 is 0 Å². The van der Waals surface area contributed by atoms with E-state index in [0.717, 1.165) is 30.8 Å². The summed E-state index contributed by atoms with van der Waals surface area (Å²) in [5, 5.41) is 6.98. The molecule has 3 nitrogen and oxygen atoms in total. The molecule has 0 spiro atoms. The molecule has 1 aromatic carbocycles. The fourth-order valence-corrected chi connectivity index (χ4v) is 1.69. The molecule has 0 aliphatic heterocycles. The Kier molecular flexibility index (Phi) is 6.50. The average Bonchev–Trinajstić information content (AvgIpc) is 2.28. The van der Waals surface area contributed by atoms with E-state index in [2.05, 4.69) is 17.6 Å². The lowest BCUT2D eigenvalue weighted by Gasteiger charge is -2.13. The number of rotatable bonds is 6. The van der Waals surface area contributed by atoms with Crippen molar-refractivity contribution in [3.63, 3.8) is 0 Å². The maximum absolute atomic E-state index is 5.63. The summed E-state index contributed by atoms with van der Waals surface area (Å²) in [4.78, 5) is 0. The molecule has 18 heavy (non-hydrogen) atoms. The maximum atomic E-state index is 5.63. The van der Waals surface area contributed by atoms with E-state index in [1.165, 1.54) is 0 Å². The third kappa shape index (κ3) is 5.87. The van der Waals surface area contributed by atoms with E-state index in [0.29, 0.717) is 5.11 Å². The van der Waals surface area contributed by atoms with Crippen LogP contribution >= 0.6 is 12.2 Å². The van der Waals surface area contributed by atoms with Gasteiger partial charge in [0.15, 0.2) is 5.11 Å². The van der Waals surface area contributed by atoms with Crippen molar-refractivity contribution in [3.8, 4) is 5.75 Å². The van der Waals surface area contributed by atoms with Gasteiger partial charge in [0.05, 0.1) is 6.10 Å². The number of hydrogen-bond acceptors (Lipinski definition) is 2. The van der Waals surface area contributed by atoms with Gasteiger partial charge in [-0.3, -0.25) is 0 Å². The van der Waals surface area contributed by atoms with Gasteiger partial charge in [0.2, 0.25) is 0 Å². The quantitative estimate of drug-likeness (QED) is 0.609. The molecule has 0 aliphatic rings. The second kappa shape index (κ2) is 7.93. The summed E-state index contributed by atoms with van der Waals surface area (Å²) in [7, 11) is 0. The van der Waals surface area contributed by atoms with Gasteiger partial charge < -0.3 is 15.4 Å². The largest absolute Gasteiger partial charge is 0.491 e. The number of nitrogens with one attached hydrogen (secondary N) is 2. The van der Waals surface area contributed by atoms with E-state index in [1.807, 2.05) is 38.1 Å². The average molecular weight is 266 g/mol. The third-order valence-electron chi connectivity index (χ3n) is 2.28. The van der Waals surface area contributed by atoms with Gasteiger partial charge in [-0.2, -0.15) is 0 Å². The highest BCUT2D eigenvalue weighted by Crippen LogP contribution is 2.18. The summed E-state index contributed by atoms with van der Waals surface area (Å²) in [5.74, 6) is 0.853. The van der Waals surface area contributed by atoms with Crippen LogP contribution in [0.15, 0.2) is 24.3 Å². The van der Waals surface area contributed by atoms with Gasteiger partial charge in [-0.05, 0) is 44.6 Å². The van der Waals surface area contributed by atoms with Crippen LogP contribution in [0.4, 0.5) is 5.69 Å². The van der Waals surface area contributed by atoms with Crippen LogP contribution < -0.4 is 15.4 Å². The second-order valence-electron chi connectivity index (χ2n) is 4.43. The summed E-state index contributed by atoms with van der Waals surface area (Å²) >= 11 is 5.22. The van der Waals surface area contributed by atoms with Gasteiger partial charge in [-0.1, -0.05) is 19.4 Å². The fraction of sp³-hybridized carbons (Fsp3) is 0.500.